The lowest BCUT2D eigenvalue weighted by Crippen LogP contribution is -2.51. The van der Waals surface area contributed by atoms with Crippen molar-refractivity contribution in [2.24, 2.45) is 5.92 Å². The zero-order valence-electron chi connectivity index (χ0n) is 15.1. The molecule has 142 valence electrons. The Bertz CT molecular complexity index is 1100. The summed E-state index contributed by atoms with van der Waals surface area (Å²) in [6.07, 6.45) is -1.06. The summed E-state index contributed by atoms with van der Waals surface area (Å²) in [6, 6.07) is 11.4. The molecule has 2 N–H and O–H groups in total. The standard InChI is InChI=1S/C20H17FN4O3/c1-11-14(7-22)17-18(16(21)15(11)13-5-3-2-4-6-13)28-19(24-17)25-9-12(10-25)8-23-20(26)27/h2-6,12,23H,8-10H2,1H3,(H,26,27). The number of benzene rings is 2. The Morgan fingerprint density at radius 1 is 1.43 bits per heavy atom. The molecule has 1 saturated heterocycles. The number of nitriles is 1. The van der Waals surface area contributed by atoms with Gasteiger partial charge in [-0.25, -0.2) is 9.18 Å². The Hall–Kier alpha value is -3.60. The molecule has 2 heterocycles. The van der Waals surface area contributed by atoms with E-state index in [-0.39, 0.29) is 28.6 Å². The molecule has 4 rings (SSSR count). The number of amides is 1. The highest BCUT2D eigenvalue weighted by Crippen LogP contribution is 2.38. The molecule has 1 aliphatic heterocycles. The fourth-order valence-corrected chi connectivity index (χ4v) is 3.51. The van der Waals surface area contributed by atoms with Crippen molar-refractivity contribution in [3.8, 4) is 17.2 Å². The molecule has 1 fully saturated rings. The van der Waals surface area contributed by atoms with Gasteiger partial charge in [0.25, 0.3) is 6.01 Å². The maximum absolute atomic E-state index is 15.3. The zero-order valence-corrected chi connectivity index (χ0v) is 15.1. The first-order valence-electron chi connectivity index (χ1n) is 8.79. The van der Waals surface area contributed by atoms with Crippen LogP contribution in [0.4, 0.5) is 15.2 Å². The number of anilines is 1. The third kappa shape index (κ3) is 2.91. The summed E-state index contributed by atoms with van der Waals surface area (Å²) in [5.41, 5.74) is 1.97. The predicted octanol–water partition coefficient (Wildman–Crippen LogP) is 3.52. The van der Waals surface area contributed by atoms with Crippen LogP contribution in [0, 0.1) is 30.0 Å². The largest absolute Gasteiger partial charge is 0.465 e. The van der Waals surface area contributed by atoms with E-state index in [1.807, 2.05) is 18.2 Å². The van der Waals surface area contributed by atoms with E-state index in [2.05, 4.69) is 16.4 Å². The number of nitrogens with zero attached hydrogens (tertiary/aromatic N) is 3. The molecule has 8 heteroatoms. The van der Waals surface area contributed by atoms with Gasteiger partial charge in [-0.2, -0.15) is 10.2 Å². The van der Waals surface area contributed by atoms with Crippen LogP contribution in [0.25, 0.3) is 22.2 Å². The fraction of sp³-hybridized carbons (Fsp3) is 0.250. The van der Waals surface area contributed by atoms with Crippen molar-refractivity contribution < 1.29 is 18.7 Å². The summed E-state index contributed by atoms with van der Waals surface area (Å²) in [5, 5.41) is 20.6. The second-order valence-electron chi connectivity index (χ2n) is 6.80. The molecule has 7 nitrogen and oxygen atoms in total. The molecular formula is C20H17FN4O3. The van der Waals surface area contributed by atoms with Gasteiger partial charge in [0.05, 0.1) is 5.56 Å². The smallest absolute Gasteiger partial charge is 0.404 e. The molecule has 0 atom stereocenters. The summed E-state index contributed by atoms with van der Waals surface area (Å²) in [4.78, 5) is 16.7. The molecule has 0 unspecified atom stereocenters. The Labute approximate surface area is 160 Å². The van der Waals surface area contributed by atoms with Crippen molar-refractivity contribution in [1.82, 2.24) is 10.3 Å². The summed E-state index contributed by atoms with van der Waals surface area (Å²) in [5.74, 6) is -0.408. The highest BCUT2D eigenvalue weighted by Gasteiger charge is 2.32. The minimum atomic E-state index is -1.06. The average Bonchev–Trinajstić information content (AvgIpc) is 3.06. The number of oxazole rings is 1. The lowest BCUT2D eigenvalue weighted by atomic mass is 9.95. The van der Waals surface area contributed by atoms with Crippen molar-refractivity contribution in [2.75, 3.05) is 24.5 Å². The van der Waals surface area contributed by atoms with Gasteiger partial charge in [0.2, 0.25) is 0 Å². The van der Waals surface area contributed by atoms with Crippen LogP contribution in [0.2, 0.25) is 0 Å². The van der Waals surface area contributed by atoms with Crippen LogP contribution in [0.1, 0.15) is 11.1 Å². The highest BCUT2D eigenvalue weighted by molar-refractivity contribution is 5.90. The van der Waals surface area contributed by atoms with E-state index in [0.717, 1.165) is 0 Å². The van der Waals surface area contributed by atoms with Crippen molar-refractivity contribution in [3.63, 3.8) is 0 Å². The fourth-order valence-electron chi connectivity index (χ4n) is 3.51. The number of halogens is 1. The van der Waals surface area contributed by atoms with Crippen LogP contribution in [0.15, 0.2) is 34.7 Å². The lowest BCUT2D eigenvalue weighted by molar-refractivity contribution is 0.191. The number of hydrogen-bond donors (Lipinski definition) is 2. The molecule has 0 saturated carbocycles. The quantitative estimate of drug-likeness (QED) is 0.718. The lowest BCUT2D eigenvalue weighted by Gasteiger charge is -2.37. The molecular weight excluding hydrogens is 363 g/mol. The first kappa shape index (κ1) is 17.8. The number of carboxylic acid groups (broad SMARTS) is 1. The average molecular weight is 380 g/mol. The zero-order chi connectivity index (χ0) is 19.8. The van der Waals surface area contributed by atoms with E-state index >= 15 is 4.39 Å². The Balaban J connectivity index is 1.71. The van der Waals surface area contributed by atoms with Crippen LogP contribution in [0.3, 0.4) is 0 Å². The minimum Gasteiger partial charge on any atom is -0.465 e. The van der Waals surface area contributed by atoms with Gasteiger partial charge in [-0.3, -0.25) is 0 Å². The van der Waals surface area contributed by atoms with Gasteiger partial charge in [0.15, 0.2) is 11.4 Å². The van der Waals surface area contributed by atoms with E-state index in [1.54, 1.807) is 24.0 Å². The van der Waals surface area contributed by atoms with Crippen molar-refractivity contribution in [3.05, 3.63) is 47.3 Å². The topological polar surface area (TPSA) is 102 Å². The monoisotopic (exact) mass is 380 g/mol. The van der Waals surface area contributed by atoms with Crippen LogP contribution in [0.5, 0.6) is 0 Å². The van der Waals surface area contributed by atoms with Gasteiger partial charge < -0.3 is 19.7 Å². The molecule has 1 aliphatic rings. The van der Waals surface area contributed by atoms with E-state index in [4.69, 9.17) is 9.52 Å². The maximum Gasteiger partial charge on any atom is 0.404 e. The third-order valence-corrected chi connectivity index (χ3v) is 4.97. The first-order valence-corrected chi connectivity index (χ1v) is 8.79. The summed E-state index contributed by atoms with van der Waals surface area (Å²) in [7, 11) is 0. The molecule has 1 amide bonds. The summed E-state index contributed by atoms with van der Waals surface area (Å²) < 4.78 is 21.0. The number of nitrogens with one attached hydrogen (secondary N) is 1. The predicted molar refractivity (Wildman–Crippen MR) is 101 cm³/mol. The minimum absolute atomic E-state index is 0.0388. The Kier molecular flexibility index (Phi) is 4.35. The van der Waals surface area contributed by atoms with Crippen LogP contribution < -0.4 is 10.2 Å². The van der Waals surface area contributed by atoms with Gasteiger partial charge in [-0.15, -0.1) is 0 Å². The number of hydrogen-bond acceptors (Lipinski definition) is 5. The number of fused-ring (bicyclic) bond motifs is 1. The van der Waals surface area contributed by atoms with Gasteiger partial charge in [-0.05, 0) is 18.1 Å². The SMILES string of the molecule is Cc1c(-c2ccccc2)c(F)c2oc(N3CC(CNC(=O)O)C3)nc2c1C#N. The molecule has 3 aromatic rings. The number of rotatable bonds is 4. The highest BCUT2D eigenvalue weighted by atomic mass is 19.1. The van der Waals surface area contributed by atoms with E-state index in [9.17, 15) is 10.1 Å². The van der Waals surface area contributed by atoms with E-state index < -0.39 is 11.9 Å². The maximum atomic E-state index is 15.3. The molecule has 0 bridgehead atoms. The van der Waals surface area contributed by atoms with E-state index in [0.29, 0.717) is 36.3 Å². The van der Waals surface area contributed by atoms with Crippen LogP contribution in [-0.4, -0.2) is 35.8 Å². The Morgan fingerprint density at radius 3 is 2.79 bits per heavy atom. The van der Waals surface area contributed by atoms with Gasteiger partial charge in [-0.1, -0.05) is 30.3 Å². The van der Waals surface area contributed by atoms with Crippen LogP contribution in [-0.2, 0) is 0 Å². The third-order valence-electron chi connectivity index (χ3n) is 4.97. The Morgan fingerprint density at radius 2 is 2.14 bits per heavy atom. The van der Waals surface area contributed by atoms with E-state index in [1.165, 1.54) is 0 Å². The molecule has 1 aromatic heterocycles. The molecule has 2 aromatic carbocycles. The van der Waals surface area contributed by atoms with Crippen molar-refractivity contribution in [2.45, 2.75) is 6.92 Å². The second kappa shape index (κ2) is 6.85. The number of carbonyl (C=O) groups is 1. The normalized spacial score (nSPS) is 14.0. The van der Waals surface area contributed by atoms with Crippen molar-refractivity contribution >= 4 is 23.2 Å². The summed E-state index contributed by atoms with van der Waals surface area (Å²) in [6.45, 7) is 3.12. The molecule has 28 heavy (non-hydrogen) atoms. The molecule has 0 radical (unpaired) electrons. The number of aromatic nitrogens is 1. The van der Waals surface area contributed by atoms with Gasteiger partial charge in [0.1, 0.15) is 11.6 Å². The summed E-state index contributed by atoms with van der Waals surface area (Å²) >= 11 is 0. The first-order chi connectivity index (χ1) is 13.5. The van der Waals surface area contributed by atoms with Crippen LogP contribution >= 0.6 is 0 Å². The molecule has 0 spiro atoms. The van der Waals surface area contributed by atoms with Gasteiger partial charge in [0, 0.05) is 31.1 Å². The van der Waals surface area contributed by atoms with Crippen molar-refractivity contribution in [1.29, 1.82) is 5.26 Å². The molecule has 0 aliphatic carbocycles. The second-order valence-corrected chi connectivity index (χ2v) is 6.80. The van der Waals surface area contributed by atoms with Gasteiger partial charge >= 0.3 is 6.09 Å².